The van der Waals surface area contributed by atoms with Gasteiger partial charge in [-0.05, 0) is 42.5 Å². The number of rotatable bonds is 5. The van der Waals surface area contributed by atoms with E-state index in [1.165, 1.54) is 5.56 Å². The standard InChI is InChI=1S/C21H25NO2/c1-16-15-22(13-11-21(24)17-6-3-2-4-7-17)12-10-20(16)18-8-5-9-19(23)14-18/h2-9,14,16,20,23H,10-13,15H2,1H3/t16-,20-/m1/s1. The summed E-state index contributed by atoms with van der Waals surface area (Å²) >= 11 is 0. The highest BCUT2D eigenvalue weighted by Crippen LogP contribution is 2.34. The van der Waals surface area contributed by atoms with Crippen LogP contribution in [0.3, 0.4) is 0 Å². The molecule has 0 spiro atoms. The minimum absolute atomic E-state index is 0.221. The summed E-state index contributed by atoms with van der Waals surface area (Å²) in [6.07, 6.45) is 1.65. The van der Waals surface area contributed by atoms with Gasteiger partial charge in [0.25, 0.3) is 0 Å². The van der Waals surface area contributed by atoms with Gasteiger partial charge in [-0.25, -0.2) is 0 Å². The first-order valence-electron chi connectivity index (χ1n) is 8.73. The summed E-state index contributed by atoms with van der Waals surface area (Å²) in [6, 6.07) is 17.2. The fourth-order valence-corrected chi connectivity index (χ4v) is 3.71. The minimum atomic E-state index is 0.221. The van der Waals surface area contributed by atoms with Crippen LogP contribution in [0, 0.1) is 5.92 Å². The quantitative estimate of drug-likeness (QED) is 0.843. The first kappa shape index (κ1) is 16.7. The van der Waals surface area contributed by atoms with Gasteiger partial charge in [0, 0.05) is 25.1 Å². The molecular formula is C21H25NO2. The summed E-state index contributed by atoms with van der Waals surface area (Å²) in [5, 5.41) is 9.69. The molecule has 1 fully saturated rings. The second-order valence-corrected chi connectivity index (χ2v) is 6.81. The van der Waals surface area contributed by atoms with Crippen LogP contribution in [0.1, 0.15) is 41.6 Å². The number of carbonyl (C=O) groups excluding carboxylic acids is 1. The molecule has 0 aromatic heterocycles. The second-order valence-electron chi connectivity index (χ2n) is 6.81. The minimum Gasteiger partial charge on any atom is -0.508 e. The van der Waals surface area contributed by atoms with Crippen molar-refractivity contribution < 1.29 is 9.90 Å². The Morgan fingerprint density at radius 3 is 2.67 bits per heavy atom. The van der Waals surface area contributed by atoms with Crippen LogP contribution >= 0.6 is 0 Å². The van der Waals surface area contributed by atoms with E-state index in [2.05, 4.69) is 17.9 Å². The first-order valence-corrected chi connectivity index (χ1v) is 8.73. The highest BCUT2D eigenvalue weighted by atomic mass is 16.3. The van der Waals surface area contributed by atoms with Crippen molar-refractivity contribution in [2.24, 2.45) is 5.92 Å². The first-order chi connectivity index (χ1) is 11.6. The van der Waals surface area contributed by atoms with Crippen LogP contribution in [0.2, 0.25) is 0 Å². The molecule has 2 aromatic rings. The summed E-state index contributed by atoms with van der Waals surface area (Å²) in [7, 11) is 0. The highest BCUT2D eigenvalue weighted by molar-refractivity contribution is 5.96. The Morgan fingerprint density at radius 1 is 1.17 bits per heavy atom. The molecule has 0 bridgehead atoms. The molecule has 0 amide bonds. The smallest absolute Gasteiger partial charge is 0.164 e. The van der Waals surface area contributed by atoms with Gasteiger partial charge in [0.15, 0.2) is 5.78 Å². The zero-order valence-corrected chi connectivity index (χ0v) is 14.2. The molecule has 0 aliphatic carbocycles. The van der Waals surface area contributed by atoms with E-state index in [0.717, 1.165) is 31.6 Å². The molecule has 0 unspecified atom stereocenters. The van der Waals surface area contributed by atoms with E-state index in [-0.39, 0.29) is 5.78 Å². The zero-order valence-electron chi connectivity index (χ0n) is 14.2. The van der Waals surface area contributed by atoms with Crippen molar-refractivity contribution in [1.82, 2.24) is 4.90 Å². The van der Waals surface area contributed by atoms with Crippen LogP contribution in [0.25, 0.3) is 0 Å². The number of hydrogen-bond donors (Lipinski definition) is 1. The largest absolute Gasteiger partial charge is 0.508 e. The molecule has 3 nitrogen and oxygen atoms in total. The Morgan fingerprint density at radius 2 is 1.96 bits per heavy atom. The molecule has 1 aliphatic rings. The van der Waals surface area contributed by atoms with Gasteiger partial charge in [-0.2, -0.15) is 0 Å². The third kappa shape index (κ3) is 4.04. The molecule has 24 heavy (non-hydrogen) atoms. The lowest BCUT2D eigenvalue weighted by Gasteiger charge is -2.37. The molecule has 2 atom stereocenters. The van der Waals surface area contributed by atoms with E-state index < -0.39 is 0 Å². The number of aromatic hydroxyl groups is 1. The second kappa shape index (κ2) is 7.63. The van der Waals surface area contributed by atoms with E-state index >= 15 is 0 Å². The average Bonchev–Trinajstić information content (AvgIpc) is 2.60. The molecule has 1 aliphatic heterocycles. The molecule has 3 heteroatoms. The Balaban J connectivity index is 1.53. The summed E-state index contributed by atoms with van der Waals surface area (Å²) < 4.78 is 0. The van der Waals surface area contributed by atoms with Crippen LogP contribution in [-0.2, 0) is 0 Å². The maximum atomic E-state index is 12.2. The summed E-state index contributed by atoms with van der Waals surface area (Å²) in [5.74, 6) is 1.57. The van der Waals surface area contributed by atoms with Gasteiger partial charge in [0.2, 0.25) is 0 Å². The Bertz CT molecular complexity index is 683. The maximum Gasteiger partial charge on any atom is 0.164 e. The summed E-state index contributed by atoms with van der Waals surface area (Å²) in [5.41, 5.74) is 2.03. The van der Waals surface area contributed by atoms with Crippen molar-refractivity contribution in [3.63, 3.8) is 0 Å². The number of hydrogen-bond acceptors (Lipinski definition) is 3. The normalized spacial score (nSPS) is 21.5. The van der Waals surface area contributed by atoms with Crippen molar-refractivity contribution >= 4 is 5.78 Å². The van der Waals surface area contributed by atoms with Crippen LogP contribution in [0.5, 0.6) is 5.75 Å². The predicted molar refractivity (Wildman–Crippen MR) is 96.5 cm³/mol. The van der Waals surface area contributed by atoms with Gasteiger partial charge in [-0.3, -0.25) is 4.79 Å². The summed E-state index contributed by atoms with van der Waals surface area (Å²) in [6.45, 7) is 5.10. The van der Waals surface area contributed by atoms with Gasteiger partial charge < -0.3 is 10.0 Å². The Kier molecular flexibility index (Phi) is 5.31. The molecule has 0 radical (unpaired) electrons. The Hall–Kier alpha value is -2.13. The van der Waals surface area contributed by atoms with Crippen LogP contribution in [0.4, 0.5) is 0 Å². The molecule has 1 N–H and O–H groups in total. The maximum absolute atomic E-state index is 12.2. The van der Waals surface area contributed by atoms with Gasteiger partial charge >= 0.3 is 0 Å². The van der Waals surface area contributed by atoms with Gasteiger partial charge in [-0.15, -0.1) is 0 Å². The third-order valence-electron chi connectivity index (χ3n) is 5.04. The van der Waals surface area contributed by atoms with E-state index in [1.54, 1.807) is 6.07 Å². The summed E-state index contributed by atoms with van der Waals surface area (Å²) in [4.78, 5) is 14.6. The molecule has 0 saturated carbocycles. The van der Waals surface area contributed by atoms with E-state index in [1.807, 2.05) is 42.5 Å². The highest BCUT2D eigenvalue weighted by Gasteiger charge is 2.27. The third-order valence-corrected chi connectivity index (χ3v) is 5.04. The topological polar surface area (TPSA) is 40.5 Å². The van der Waals surface area contributed by atoms with E-state index in [0.29, 0.717) is 24.0 Å². The lowest BCUT2D eigenvalue weighted by molar-refractivity contribution is 0.0942. The SMILES string of the molecule is C[C@@H]1CN(CCC(=O)c2ccccc2)CC[C@H]1c1cccc(O)c1. The number of Topliss-reactive ketones (excluding diaryl/α,β-unsaturated/α-hetero) is 1. The average molecular weight is 323 g/mol. The van der Waals surface area contributed by atoms with Crippen LogP contribution in [0.15, 0.2) is 54.6 Å². The molecule has 1 heterocycles. The lowest BCUT2D eigenvalue weighted by atomic mass is 9.81. The fraction of sp³-hybridized carbons (Fsp3) is 0.381. The number of nitrogens with zero attached hydrogens (tertiary/aromatic N) is 1. The molecule has 2 aromatic carbocycles. The van der Waals surface area contributed by atoms with Gasteiger partial charge in [0.05, 0.1) is 0 Å². The van der Waals surface area contributed by atoms with Crippen LogP contribution in [-0.4, -0.2) is 35.4 Å². The van der Waals surface area contributed by atoms with Crippen LogP contribution < -0.4 is 0 Å². The molecular weight excluding hydrogens is 298 g/mol. The molecule has 1 saturated heterocycles. The van der Waals surface area contributed by atoms with Crippen molar-refractivity contribution in [2.45, 2.75) is 25.7 Å². The number of phenolic OH excluding ortho intramolecular Hbond substituents is 1. The monoisotopic (exact) mass is 323 g/mol. The fourth-order valence-electron chi connectivity index (χ4n) is 3.71. The van der Waals surface area contributed by atoms with Gasteiger partial charge in [-0.1, -0.05) is 49.4 Å². The number of likely N-dealkylation sites (tertiary alicyclic amines) is 1. The van der Waals surface area contributed by atoms with E-state index in [4.69, 9.17) is 0 Å². The van der Waals surface area contributed by atoms with Crippen molar-refractivity contribution in [1.29, 1.82) is 0 Å². The molecule has 126 valence electrons. The van der Waals surface area contributed by atoms with Gasteiger partial charge in [0.1, 0.15) is 5.75 Å². The van der Waals surface area contributed by atoms with Crippen molar-refractivity contribution in [2.75, 3.05) is 19.6 Å². The number of ketones is 1. The number of piperidine rings is 1. The van der Waals surface area contributed by atoms with Crippen molar-refractivity contribution in [3.05, 3.63) is 65.7 Å². The van der Waals surface area contributed by atoms with E-state index in [9.17, 15) is 9.90 Å². The zero-order chi connectivity index (χ0) is 16.9. The predicted octanol–water partition coefficient (Wildman–Crippen LogP) is 4.09. The number of benzene rings is 2. The molecule has 3 rings (SSSR count). The Labute approximate surface area is 143 Å². The number of phenols is 1. The van der Waals surface area contributed by atoms with Crippen molar-refractivity contribution in [3.8, 4) is 5.75 Å². The lowest BCUT2D eigenvalue weighted by Crippen LogP contribution is -2.39. The number of carbonyl (C=O) groups is 1.